The highest BCUT2D eigenvalue weighted by Gasteiger charge is 2.20. The maximum Gasteiger partial charge on any atom is 0.191 e. The molecule has 1 aliphatic rings. The Balaban J connectivity index is 0.00000320. The van der Waals surface area contributed by atoms with Gasteiger partial charge in [0.05, 0.1) is 18.2 Å². The fourth-order valence-electron chi connectivity index (χ4n) is 3.45. The van der Waals surface area contributed by atoms with E-state index in [4.69, 9.17) is 21.9 Å². The molecule has 1 aliphatic heterocycles. The number of guanidine groups is 1. The average molecular weight is 538 g/mol. The molecule has 0 spiro atoms. The minimum atomic E-state index is 0. The Labute approximate surface area is 201 Å². The molecule has 1 saturated heterocycles. The number of hydrogen-bond acceptors (Lipinski definition) is 3. The van der Waals surface area contributed by atoms with Gasteiger partial charge in [-0.2, -0.15) is 5.26 Å². The Bertz CT molecular complexity index is 837. The van der Waals surface area contributed by atoms with Crippen molar-refractivity contribution in [3.8, 4) is 6.07 Å². The molecule has 2 aromatic rings. The van der Waals surface area contributed by atoms with Gasteiger partial charge in [-0.05, 0) is 55.2 Å². The van der Waals surface area contributed by atoms with Crippen molar-refractivity contribution < 1.29 is 0 Å². The van der Waals surface area contributed by atoms with Crippen molar-refractivity contribution in [2.45, 2.75) is 38.9 Å². The highest BCUT2D eigenvalue weighted by atomic mass is 127. The summed E-state index contributed by atoms with van der Waals surface area (Å²) in [7, 11) is 0. The van der Waals surface area contributed by atoms with E-state index in [9.17, 15) is 0 Å². The Morgan fingerprint density at radius 1 is 1.10 bits per heavy atom. The van der Waals surface area contributed by atoms with Crippen molar-refractivity contribution >= 4 is 41.5 Å². The van der Waals surface area contributed by atoms with Crippen LogP contribution in [0.5, 0.6) is 0 Å². The molecular formula is C23H29ClIN5. The molecule has 1 fully saturated rings. The molecule has 0 aromatic heterocycles. The predicted octanol–water partition coefficient (Wildman–Crippen LogP) is 4.55. The number of benzene rings is 2. The zero-order valence-electron chi connectivity index (χ0n) is 17.3. The van der Waals surface area contributed by atoms with Gasteiger partial charge in [0.15, 0.2) is 5.96 Å². The lowest BCUT2D eigenvalue weighted by atomic mass is 10.0. The number of piperidine rings is 1. The largest absolute Gasteiger partial charge is 0.357 e. The smallest absolute Gasteiger partial charge is 0.191 e. The van der Waals surface area contributed by atoms with Gasteiger partial charge in [0.2, 0.25) is 0 Å². The number of aliphatic imine (C=N–C) groups is 1. The van der Waals surface area contributed by atoms with Gasteiger partial charge >= 0.3 is 0 Å². The van der Waals surface area contributed by atoms with E-state index in [0.29, 0.717) is 18.2 Å². The van der Waals surface area contributed by atoms with Gasteiger partial charge in [0.25, 0.3) is 0 Å². The normalized spacial score (nSPS) is 15.2. The zero-order chi connectivity index (χ0) is 20.5. The summed E-state index contributed by atoms with van der Waals surface area (Å²) in [5, 5.41) is 16.6. The van der Waals surface area contributed by atoms with Gasteiger partial charge in [-0.25, -0.2) is 4.99 Å². The van der Waals surface area contributed by atoms with Crippen LogP contribution in [0.25, 0.3) is 0 Å². The van der Waals surface area contributed by atoms with Gasteiger partial charge in [-0.3, -0.25) is 4.90 Å². The SMILES string of the molecule is CCNC(=NCc1ccc(C#N)cc1)NC1CCN(Cc2ccc(Cl)cc2)CC1.I. The lowest BCUT2D eigenvalue weighted by molar-refractivity contribution is 0.198. The highest BCUT2D eigenvalue weighted by Crippen LogP contribution is 2.16. The van der Waals surface area contributed by atoms with E-state index in [0.717, 1.165) is 55.6 Å². The van der Waals surface area contributed by atoms with E-state index in [1.54, 1.807) is 0 Å². The van der Waals surface area contributed by atoms with Crippen LogP contribution in [0.4, 0.5) is 0 Å². The Hall–Kier alpha value is -1.82. The molecule has 0 aliphatic carbocycles. The van der Waals surface area contributed by atoms with Crippen LogP contribution in [0.2, 0.25) is 5.02 Å². The second-order valence-corrected chi connectivity index (χ2v) is 7.76. The molecule has 2 aromatic carbocycles. The number of hydrogen-bond donors (Lipinski definition) is 2. The lowest BCUT2D eigenvalue weighted by Gasteiger charge is -2.33. The minimum Gasteiger partial charge on any atom is -0.357 e. The first-order chi connectivity index (χ1) is 14.2. The molecule has 30 heavy (non-hydrogen) atoms. The van der Waals surface area contributed by atoms with Crippen LogP contribution in [0.1, 0.15) is 36.5 Å². The van der Waals surface area contributed by atoms with Crippen LogP contribution in [0, 0.1) is 11.3 Å². The molecule has 0 amide bonds. The predicted molar refractivity (Wildman–Crippen MR) is 134 cm³/mol. The molecule has 5 nitrogen and oxygen atoms in total. The molecule has 0 radical (unpaired) electrons. The second kappa shape index (κ2) is 12.8. The Kier molecular flexibility index (Phi) is 10.4. The molecule has 2 N–H and O–H groups in total. The molecule has 0 saturated carbocycles. The molecule has 0 bridgehead atoms. The standard InChI is InChI=1S/C23H28ClN5.HI/c1-2-26-23(27-16-19-5-3-18(15-25)4-6-19)28-22-11-13-29(14-12-22)17-20-7-9-21(24)10-8-20;/h3-10,22H,2,11-14,16-17H2,1H3,(H2,26,27,28);1H. The minimum absolute atomic E-state index is 0. The first kappa shape index (κ1) is 24.4. The van der Waals surface area contributed by atoms with Crippen LogP contribution in [-0.2, 0) is 13.1 Å². The summed E-state index contributed by atoms with van der Waals surface area (Å²) in [5.41, 5.74) is 3.07. The summed E-state index contributed by atoms with van der Waals surface area (Å²) in [6, 6.07) is 18.3. The molecule has 3 rings (SSSR count). The van der Waals surface area contributed by atoms with Crippen LogP contribution >= 0.6 is 35.6 Å². The van der Waals surface area contributed by atoms with Crippen LogP contribution < -0.4 is 10.6 Å². The Morgan fingerprint density at radius 2 is 1.73 bits per heavy atom. The maximum absolute atomic E-state index is 8.90. The van der Waals surface area contributed by atoms with E-state index < -0.39 is 0 Å². The molecular weight excluding hydrogens is 509 g/mol. The number of nitrogens with zero attached hydrogens (tertiary/aromatic N) is 3. The third-order valence-electron chi connectivity index (χ3n) is 5.09. The molecule has 160 valence electrons. The van der Waals surface area contributed by atoms with Gasteiger partial charge in [0, 0.05) is 37.2 Å². The van der Waals surface area contributed by atoms with E-state index in [1.165, 1.54) is 5.56 Å². The van der Waals surface area contributed by atoms with Gasteiger partial charge in [-0.1, -0.05) is 35.9 Å². The van der Waals surface area contributed by atoms with Gasteiger partial charge in [0.1, 0.15) is 0 Å². The molecule has 0 unspecified atom stereocenters. The van der Waals surface area contributed by atoms with Crippen molar-refractivity contribution in [1.29, 1.82) is 5.26 Å². The van der Waals surface area contributed by atoms with Gasteiger partial charge in [-0.15, -0.1) is 24.0 Å². The van der Waals surface area contributed by atoms with Crippen LogP contribution in [0.15, 0.2) is 53.5 Å². The number of nitrogens with one attached hydrogen (secondary N) is 2. The third kappa shape index (κ3) is 7.78. The summed E-state index contributed by atoms with van der Waals surface area (Å²) in [5.74, 6) is 0.855. The zero-order valence-corrected chi connectivity index (χ0v) is 20.4. The summed E-state index contributed by atoms with van der Waals surface area (Å²) in [4.78, 5) is 7.20. The lowest BCUT2D eigenvalue weighted by Crippen LogP contribution is -2.48. The second-order valence-electron chi connectivity index (χ2n) is 7.33. The first-order valence-electron chi connectivity index (χ1n) is 10.2. The summed E-state index contributed by atoms with van der Waals surface area (Å²) in [6.45, 7) is 6.60. The van der Waals surface area contributed by atoms with E-state index in [1.807, 2.05) is 36.4 Å². The number of nitriles is 1. The fourth-order valence-corrected chi connectivity index (χ4v) is 3.58. The summed E-state index contributed by atoms with van der Waals surface area (Å²) in [6.07, 6.45) is 2.18. The first-order valence-corrected chi connectivity index (χ1v) is 10.5. The van der Waals surface area contributed by atoms with Crippen LogP contribution in [-0.4, -0.2) is 36.5 Å². The molecule has 0 atom stereocenters. The highest BCUT2D eigenvalue weighted by molar-refractivity contribution is 14.0. The van der Waals surface area contributed by atoms with E-state index >= 15 is 0 Å². The summed E-state index contributed by atoms with van der Waals surface area (Å²) >= 11 is 5.97. The third-order valence-corrected chi connectivity index (χ3v) is 5.35. The van der Waals surface area contributed by atoms with Crippen molar-refractivity contribution in [1.82, 2.24) is 15.5 Å². The molecule has 7 heteroatoms. The van der Waals surface area contributed by atoms with Crippen molar-refractivity contribution in [3.63, 3.8) is 0 Å². The maximum atomic E-state index is 8.90. The quantitative estimate of drug-likeness (QED) is 0.322. The van der Waals surface area contributed by atoms with Crippen molar-refractivity contribution in [2.24, 2.45) is 4.99 Å². The van der Waals surface area contributed by atoms with E-state index in [-0.39, 0.29) is 24.0 Å². The van der Waals surface area contributed by atoms with Gasteiger partial charge < -0.3 is 10.6 Å². The average Bonchev–Trinajstić information content (AvgIpc) is 2.75. The fraction of sp³-hybridized carbons (Fsp3) is 0.391. The number of likely N-dealkylation sites (tertiary alicyclic amines) is 1. The topological polar surface area (TPSA) is 63.5 Å². The number of halogens is 2. The van der Waals surface area contributed by atoms with Crippen molar-refractivity contribution in [3.05, 3.63) is 70.2 Å². The Morgan fingerprint density at radius 3 is 2.33 bits per heavy atom. The van der Waals surface area contributed by atoms with Crippen LogP contribution in [0.3, 0.4) is 0 Å². The monoisotopic (exact) mass is 537 g/mol. The molecule has 1 heterocycles. The number of rotatable bonds is 6. The summed E-state index contributed by atoms with van der Waals surface area (Å²) < 4.78 is 0. The van der Waals surface area contributed by atoms with E-state index in [2.05, 4.69) is 40.7 Å². The van der Waals surface area contributed by atoms with Crippen molar-refractivity contribution in [2.75, 3.05) is 19.6 Å².